The van der Waals surface area contributed by atoms with E-state index in [4.69, 9.17) is 21.1 Å². The summed E-state index contributed by atoms with van der Waals surface area (Å²) in [4.78, 5) is 20.7. The molecule has 1 aromatic heterocycles. The molecule has 7 nitrogen and oxygen atoms in total. The molecule has 0 spiro atoms. The van der Waals surface area contributed by atoms with E-state index in [0.29, 0.717) is 32.8 Å². The smallest absolute Gasteiger partial charge is 0.250 e. The number of benzene rings is 2. The van der Waals surface area contributed by atoms with Crippen molar-refractivity contribution in [2.45, 2.75) is 25.6 Å². The highest BCUT2D eigenvalue weighted by Gasteiger charge is 2.12. The lowest BCUT2D eigenvalue weighted by Gasteiger charge is -2.13. The fourth-order valence-electron chi connectivity index (χ4n) is 2.79. The summed E-state index contributed by atoms with van der Waals surface area (Å²) in [6.45, 7) is 4.14. The Morgan fingerprint density at radius 3 is 2.55 bits per heavy atom. The lowest BCUT2D eigenvalue weighted by atomic mass is 10.2. The Morgan fingerprint density at radius 2 is 1.88 bits per heavy atom. The molecule has 0 atom stereocenters. The molecule has 0 saturated heterocycles. The number of nitrogens with zero attached hydrogens (tertiary/aromatic N) is 3. The summed E-state index contributed by atoms with van der Waals surface area (Å²) in [5, 5.41) is 5.26. The van der Waals surface area contributed by atoms with E-state index in [2.05, 4.69) is 36.4 Å². The monoisotopic (exact) mass is 548 g/mol. The van der Waals surface area contributed by atoms with Crippen LogP contribution in [0.2, 0.25) is 5.02 Å². The van der Waals surface area contributed by atoms with Gasteiger partial charge in [-0.3, -0.25) is 4.79 Å². The second-order valence-corrected chi connectivity index (χ2v) is 9.20. The summed E-state index contributed by atoms with van der Waals surface area (Å²) in [5.41, 5.74) is 5.94. The molecular formula is C23H22BrClN4O3S. The Kier molecular flexibility index (Phi) is 9.11. The standard InChI is InChI=1S/C23H22BrClN4O3S/c1-14-8-15(2)28-23(27-14)33-13-21(30)29-26-11-17-9-19(24)22(20(10-17)31-3)32-12-16-4-6-18(25)7-5-16/h4-11H,12-13H2,1-3H3,(H,29,30)/b26-11-. The number of carbonyl (C=O) groups is 1. The molecule has 0 aliphatic carbocycles. The molecular weight excluding hydrogens is 528 g/mol. The minimum absolute atomic E-state index is 0.157. The van der Waals surface area contributed by atoms with Crippen LogP contribution >= 0.6 is 39.3 Å². The van der Waals surface area contributed by atoms with Crippen LogP contribution in [-0.4, -0.2) is 35.0 Å². The van der Waals surface area contributed by atoms with Crippen molar-refractivity contribution in [3.8, 4) is 11.5 Å². The molecule has 3 aromatic rings. The predicted octanol–water partition coefficient (Wildman–Crippen LogP) is 5.34. The van der Waals surface area contributed by atoms with Crippen molar-refractivity contribution in [1.29, 1.82) is 0 Å². The van der Waals surface area contributed by atoms with Crippen molar-refractivity contribution < 1.29 is 14.3 Å². The average molecular weight is 550 g/mol. The van der Waals surface area contributed by atoms with Gasteiger partial charge in [-0.25, -0.2) is 15.4 Å². The van der Waals surface area contributed by atoms with Crippen molar-refractivity contribution in [1.82, 2.24) is 15.4 Å². The van der Waals surface area contributed by atoms with Crippen molar-refractivity contribution in [3.05, 3.63) is 74.5 Å². The van der Waals surface area contributed by atoms with E-state index >= 15 is 0 Å². The number of rotatable bonds is 9. The number of methoxy groups -OCH3 is 1. The van der Waals surface area contributed by atoms with E-state index in [1.807, 2.05) is 50.2 Å². The number of hydrazone groups is 1. The van der Waals surface area contributed by atoms with Crippen LogP contribution in [0.3, 0.4) is 0 Å². The lowest BCUT2D eigenvalue weighted by molar-refractivity contribution is -0.118. The Bertz CT molecular complexity index is 1140. The molecule has 0 unspecified atom stereocenters. The molecule has 0 saturated carbocycles. The highest BCUT2D eigenvalue weighted by atomic mass is 79.9. The minimum Gasteiger partial charge on any atom is -0.493 e. The van der Waals surface area contributed by atoms with Crippen LogP contribution < -0.4 is 14.9 Å². The Morgan fingerprint density at radius 1 is 1.18 bits per heavy atom. The number of amides is 1. The summed E-state index contributed by atoms with van der Waals surface area (Å²) >= 11 is 10.7. The van der Waals surface area contributed by atoms with Gasteiger partial charge in [0.15, 0.2) is 16.7 Å². The van der Waals surface area contributed by atoms with Gasteiger partial charge in [0.25, 0.3) is 5.91 Å². The first kappa shape index (κ1) is 25.0. The van der Waals surface area contributed by atoms with Gasteiger partial charge in [0.2, 0.25) is 0 Å². The van der Waals surface area contributed by atoms with Crippen LogP contribution in [-0.2, 0) is 11.4 Å². The van der Waals surface area contributed by atoms with E-state index in [-0.39, 0.29) is 11.7 Å². The van der Waals surface area contributed by atoms with E-state index in [1.165, 1.54) is 18.0 Å². The number of aryl methyl sites for hydroxylation is 2. The Labute approximate surface area is 210 Å². The second kappa shape index (κ2) is 12.0. The summed E-state index contributed by atoms with van der Waals surface area (Å²) in [6, 6.07) is 12.9. The molecule has 0 aliphatic rings. The highest BCUT2D eigenvalue weighted by Crippen LogP contribution is 2.37. The maximum absolute atomic E-state index is 12.1. The third kappa shape index (κ3) is 7.73. The zero-order valence-electron chi connectivity index (χ0n) is 18.3. The van der Waals surface area contributed by atoms with Gasteiger partial charge < -0.3 is 9.47 Å². The molecule has 10 heteroatoms. The first-order chi connectivity index (χ1) is 15.8. The maximum Gasteiger partial charge on any atom is 0.250 e. The molecule has 33 heavy (non-hydrogen) atoms. The number of halogens is 2. The number of hydrogen-bond donors (Lipinski definition) is 1. The number of aromatic nitrogens is 2. The van der Waals surface area contributed by atoms with E-state index < -0.39 is 0 Å². The average Bonchev–Trinajstić information content (AvgIpc) is 2.77. The van der Waals surface area contributed by atoms with Crippen LogP contribution in [0.1, 0.15) is 22.5 Å². The zero-order chi connectivity index (χ0) is 23.8. The second-order valence-electron chi connectivity index (χ2n) is 6.96. The van der Waals surface area contributed by atoms with E-state index in [9.17, 15) is 4.79 Å². The fraction of sp³-hybridized carbons (Fsp3) is 0.217. The van der Waals surface area contributed by atoms with Crippen LogP contribution in [0.25, 0.3) is 0 Å². The van der Waals surface area contributed by atoms with Crippen molar-refractivity contribution in [2.24, 2.45) is 5.10 Å². The quantitative estimate of drug-likeness (QED) is 0.168. The summed E-state index contributed by atoms with van der Waals surface area (Å²) in [7, 11) is 1.56. The predicted molar refractivity (Wildman–Crippen MR) is 134 cm³/mol. The molecule has 2 aromatic carbocycles. The first-order valence-corrected chi connectivity index (χ1v) is 12.0. The Balaban J connectivity index is 1.58. The normalized spacial score (nSPS) is 10.9. The molecule has 1 N–H and O–H groups in total. The van der Waals surface area contributed by atoms with Gasteiger partial charge in [-0.2, -0.15) is 5.10 Å². The van der Waals surface area contributed by atoms with Crippen LogP contribution in [0.15, 0.2) is 57.2 Å². The van der Waals surface area contributed by atoms with Gasteiger partial charge in [0, 0.05) is 16.4 Å². The van der Waals surface area contributed by atoms with Crippen LogP contribution in [0.4, 0.5) is 0 Å². The van der Waals surface area contributed by atoms with Gasteiger partial charge in [0.1, 0.15) is 6.61 Å². The number of ether oxygens (including phenoxy) is 2. The summed E-state index contributed by atoms with van der Waals surface area (Å²) < 4.78 is 12.1. The minimum atomic E-state index is -0.257. The molecule has 1 amide bonds. The highest BCUT2D eigenvalue weighted by molar-refractivity contribution is 9.10. The molecule has 1 heterocycles. The van der Waals surface area contributed by atoms with Gasteiger partial charge in [0.05, 0.1) is 23.5 Å². The van der Waals surface area contributed by atoms with Crippen LogP contribution in [0, 0.1) is 13.8 Å². The third-order valence-corrected chi connectivity index (χ3v) is 5.93. The first-order valence-electron chi connectivity index (χ1n) is 9.86. The number of nitrogens with one attached hydrogen (secondary N) is 1. The maximum atomic E-state index is 12.1. The molecule has 172 valence electrons. The van der Waals surface area contributed by atoms with Gasteiger partial charge in [-0.1, -0.05) is 35.5 Å². The van der Waals surface area contributed by atoms with Gasteiger partial charge in [-0.05, 0) is 71.2 Å². The lowest BCUT2D eigenvalue weighted by Crippen LogP contribution is -2.19. The van der Waals surface area contributed by atoms with Crippen LogP contribution in [0.5, 0.6) is 11.5 Å². The number of carbonyl (C=O) groups excluding carboxylic acids is 1. The number of thioether (sulfide) groups is 1. The summed E-state index contributed by atoms with van der Waals surface area (Å²) in [6.07, 6.45) is 1.53. The van der Waals surface area contributed by atoms with E-state index in [1.54, 1.807) is 13.2 Å². The van der Waals surface area contributed by atoms with Crippen molar-refractivity contribution >= 4 is 51.4 Å². The SMILES string of the molecule is COc1cc(/C=N\NC(=O)CSc2nc(C)cc(C)n2)cc(Br)c1OCc1ccc(Cl)cc1. The molecule has 0 fully saturated rings. The molecule has 0 aliphatic heterocycles. The number of hydrogen-bond acceptors (Lipinski definition) is 7. The Hall–Kier alpha value is -2.62. The fourth-order valence-corrected chi connectivity index (χ4v) is 4.23. The largest absolute Gasteiger partial charge is 0.493 e. The van der Waals surface area contributed by atoms with Crippen molar-refractivity contribution in [3.63, 3.8) is 0 Å². The molecule has 0 bridgehead atoms. The zero-order valence-corrected chi connectivity index (χ0v) is 21.4. The van der Waals surface area contributed by atoms with E-state index in [0.717, 1.165) is 22.5 Å². The summed E-state index contributed by atoms with van der Waals surface area (Å²) in [5.74, 6) is 1.00. The van der Waals surface area contributed by atoms with Gasteiger partial charge >= 0.3 is 0 Å². The molecule has 3 rings (SSSR count). The topological polar surface area (TPSA) is 85.7 Å². The third-order valence-electron chi connectivity index (χ3n) is 4.25. The molecule has 0 radical (unpaired) electrons. The van der Waals surface area contributed by atoms with Crippen molar-refractivity contribution in [2.75, 3.05) is 12.9 Å². The van der Waals surface area contributed by atoms with Gasteiger partial charge in [-0.15, -0.1) is 0 Å².